The first-order valence-corrected chi connectivity index (χ1v) is 6.06. The minimum Gasteiger partial charge on any atom is -0.373 e. The molecule has 0 N–H and O–H groups in total. The van der Waals surface area contributed by atoms with Gasteiger partial charge < -0.3 is 19.1 Å². The molecule has 92 valence electrons. The van der Waals surface area contributed by atoms with Crippen molar-refractivity contribution < 1.29 is 14.2 Å². The van der Waals surface area contributed by atoms with Gasteiger partial charge in [-0.25, -0.2) is 0 Å². The van der Waals surface area contributed by atoms with Gasteiger partial charge in [0.1, 0.15) is 0 Å². The Balaban J connectivity index is 1.58. The summed E-state index contributed by atoms with van der Waals surface area (Å²) in [5.74, 6) is 0. The molecular weight excluding hydrogens is 206 g/mol. The molecule has 0 amide bonds. The molecule has 1 atom stereocenters. The molecule has 2 aliphatic rings. The van der Waals surface area contributed by atoms with E-state index in [2.05, 4.69) is 11.5 Å². The lowest BCUT2D eigenvalue weighted by Crippen LogP contribution is -2.27. The minimum absolute atomic E-state index is 0.0214. The van der Waals surface area contributed by atoms with Crippen LogP contribution in [0.4, 0.5) is 0 Å². The van der Waals surface area contributed by atoms with Crippen molar-refractivity contribution in [1.29, 1.82) is 0 Å². The van der Waals surface area contributed by atoms with Crippen molar-refractivity contribution in [3.8, 4) is 0 Å². The van der Waals surface area contributed by atoms with Crippen LogP contribution < -0.4 is 0 Å². The number of hydrogen-bond acceptors (Lipinski definition) is 4. The highest BCUT2D eigenvalue weighted by Gasteiger charge is 2.24. The zero-order chi connectivity index (χ0) is 11.2. The maximum Gasteiger partial charge on any atom is 0.159 e. The molecule has 0 spiro atoms. The normalized spacial score (nSPS) is 27.6. The Morgan fingerprint density at radius 2 is 2.19 bits per heavy atom. The smallest absolute Gasteiger partial charge is 0.159 e. The van der Waals surface area contributed by atoms with E-state index in [4.69, 9.17) is 14.2 Å². The predicted octanol–water partition coefficient (Wildman–Crippen LogP) is 1.03. The van der Waals surface area contributed by atoms with Gasteiger partial charge in [-0.1, -0.05) is 6.08 Å². The first-order valence-electron chi connectivity index (χ1n) is 6.06. The van der Waals surface area contributed by atoms with Crippen LogP contribution in [0.2, 0.25) is 0 Å². The molecule has 2 heterocycles. The van der Waals surface area contributed by atoms with E-state index in [1.807, 2.05) is 6.08 Å². The minimum atomic E-state index is 0.0214. The lowest BCUT2D eigenvalue weighted by Gasteiger charge is -2.17. The Kier molecular flexibility index (Phi) is 4.78. The molecule has 0 saturated carbocycles. The molecule has 2 aliphatic heterocycles. The molecule has 0 aromatic heterocycles. The van der Waals surface area contributed by atoms with Gasteiger partial charge in [-0.2, -0.15) is 0 Å². The third kappa shape index (κ3) is 3.56. The number of nitrogens with zero attached hydrogens (tertiary/aromatic N) is 1. The SMILES string of the molecule is C=CCO[C@H]1CCN(CCC2OCCO2)C1. The van der Waals surface area contributed by atoms with Crippen LogP contribution in [-0.2, 0) is 14.2 Å². The Labute approximate surface area is 97.2 Å². The summed E-state index contributed by atoms with van der Waals surface area (Å²) in [4.78, 5) is 2.42. The van der Waals surface area contributed by atoms with Gasteiger partial charge in [-0.05, 0) is 6.42 Å². The fourth-order valence-corrected chi connectivity index (χ4v) is 2.20. The third-order valence-electron chi connectivity index (χ3n) is 3.05. The first kappa shape index (κ1) is 12.0. The lowest BCUT2D eigenvalue weighted by molar-refractivity contribution is -0.0512. The van der Waals surface area contributed by atoms with Gasteiger partial charge in [-0.15, -0.1) is 6.58 Å². The van der Waals surface area contributed by atoms with Crippen molar-refractivity contribution >= 4 is 0 Å². The van der Waals surface area contributed by atoms with Crippen LogP contribution >= 0.6 is 0 Å². The monoisotopic (exact) mass is 227 g/mol. The molecule has 2 rings (SSSR count). The summed E-state index contributed by atoms with van der Waals surface area (Å²) in [5, 5.41) is 0. The second-order valence-corrected chi connectivity index (χ2v) is 4.29. The average molecular weight is 227 g/mol. The quantitative estimate of drug-likeness (QED) is 0.634. The summed E-state index contributed by atoms with van der Waals surface area (Å²) >= 11 is 0. The Morgan fingerprint density at radius 3 is 2.94 bits per heavy atom. The number of likely N-dealkylation sites (tertiary alicyclic amines) is 1. The van der Waals surface area contributed by atoms with Crippen LogP contribution in [0.1, 0.15) is 12.8 Å². The van der Waals surface area contributed by atoms with Crippen LogP contribution in [0.25, 0.3) is 0 Å². The molecule has 2 saturated heterocycles. The van der Waals surface area contributed by atoms with E-state index >= 15 is 0 Å². The number of hydrogen-bond donors (Lipinski definition) is 0. The molecule has 4 heteroatoms. The summed E-state index contributed by atoms with van der Waals surface area (Å²) < 4.78 is 16.5. The van der Waals surface area contributed by atoms with Crippen molar-refractivity contribution in [3.05, 3.63) is 12.7 Å². The second-order valence-electron chi connectivity index (χ2n) is 4.29. The van der Waals surface area contributed by atoms with Gasteiger partial charge >= 0.3 is 0 Å². The van der Waals surface area contributed by atoms with Gasteiger partial charge in [0, 0.05) is 26.1 Å². The molecule has 4 nitrogen and oxygen atoms in total. The zero-order valence-electron chi connectivity index (χ0n) is 9.77. The Morgan fingerprint density at radius 1 is 1.38 bits per heavy atom. The van der Waals surface area contributed by atoms with Gasteiger partial charge in [0.05, 0.1) is 25.9 Å². The molecule has 0 aromatic carbocycles. The van der Waals surface area contributed by atoms with Crippen molar-refractivity contribution in [2.24, 2.45) is 0 Å². The van der Waals surface area contributed by atoms with Gasteiger partial charge in [0.2, 0.25) is 0 Å². The van der Waals surface area contributed by atoms with E-state index in [0.717, 1.165) is 45.7 Å². The highest BCUT2D eigenvalue weighted by Crippen LogP contribution is 2.15. The fraction of sp³-hybridized carbons (Fsp3) is 0.833. The summed E-state index contributed by atoms with van der Waals surface area (Å²) in [5.41, 5.74) is 0. The maximum atomic E-state index is 5.63. The van der Waals surface area contributed by atoms with E-state index < -0.39 is 0 Å². The summed E-state index contributed by atoms with van der Waals surface area (Å²) in [6.45, 7) is 9.00. The standard InChI is InChI=1S/C12H21NO3/c1-2-7-14-11-3-5-13(10-11)6-4-12-15-8-9-16-12/h2,11-12H,1,3-10H2/t11-/m0/s1. The summed E-state index contributed by atoms with van der Waals surface area (Å²) in [6, 6.07) is 0. The molecule has 0 radical (unpaired) electrons. The number of rotatable bonds is 6. The molecule has 0 aliphatic carbocycles. The van der Waals surface area contributed by atoms with Crippen LogP contribution in [0.5, 0.6) is 0 Å². The molecule has 0 bridgehead atoms. The van der Waals surface area contributed by atoms with E-state index in [1.165, 1.54) is 0 Å². The topological polar surface area (TPSA) is 30.9 Å². The molecule has 0 unspecified atom stereocenters. The maximum absolute atomic E-state index is 5.63. The van der Waals surface area contributed by atoms with E-state index in [1.54, 1.807) is 0 Å². The first-order chi connectivity index (χ1) is 7.88. The van der Waals surface area contributed by atoms with Crippen LogP contribution in [0, 0.1) is 0 Å². The van der Waals surface area contributed by atoms with E-state index in [-0.39, 0.29) is 6.29 Å². The van der Waals surface area contributed by atoms with Gasteiger partial charge in [-0.3, -0.25) is 0 Å². The summed E-state index contributed by atoms with van der Waals surface area (Å²) in [6.07, 6.45) is 4.30. The molecule has 16 heavy (non-hydrogen) atoms. The predicted molar refractivity (Wildman–Crippen MR) is 61.3 cm³/mol. The molecule has 2 fully saturated rings. The Bertz CT molecular complexity index is 216. The van der Waals surface area contributed by atoms with E-state index in [0.29, 0.717) is 12.7 Å². The van der Waals surface area contributed by atoms with Crippen molar-refractivity contribution in [2.45, 2.75) is 25.2 Å². The highest BCUT2D eigenvalue weighted by molar-refractivity contribution is 4.78. The summed E-state index contributed by atoms with van der Waals surface area (Å²) in [7, 11) is 0. The van der Waals surface area contributed by atoms with Crippen LogP contribution in [-0.4, -0.2) is 56.7 Å². The van der Waals surface area contributed by atoms with Crippen molar-refractivity contribution in [3.63, 3.8) is 0 Å². The van der Waals surface area contributed by atoms with Gasteiger partial charge in [0.15, 0.2) is 6.29 Å². The highest BCUT2D eigenvalue weighted by atomic mass is 16.7. The third-order valence-corrected chi connectivity index (χ3v) is 3.05. The number of ether oxygens (including phenoxy) is 3. The molecular formula is C12H21NO3. The van der Waals surface area contributed by atoms with Crippen LogP contribution in [0.3, 0.4) is 0 Å². The van der Waals surface area contributed by atoms with Crippen molar-refractivity contribution in [1.82, 2.24) is 4.90 Å². The zero-order valence-corrected chi connectivity index (χ0v) is 9.77. The van der Waals surface area contributed by atoms with Crippen molar-refractivity contribution in [2.75, 3.05) is 39.5 Å². The second kappa shape index (κ2) is 6.35. The van der Waals surface area contributed by atoms with Crippen LogP contribution in [0.15, 0.2) is 12.7 Å². The lowest BCUT2D eigenvalue weighted by atomic mass is 10.3. The largest absolute Gasteiger partial charge is 0.373 e. The van der Waals surface area contributed by atoms with Gasteiger partial charge in [0.25, 0.3) is 0 Å². The Hall–Kier alpha value is -0.420. The fourth-order valence-electron chi connectivity index (χ4n) is 2.20. The van der Waals surface area contributed by atoms with E-state index in [9.17, 15) is 0 Å². The average Bonchev–Trinajstić information content (AvgIpc) is 2.95. The molecule has 0 aromatic rings.